The molecular formula is C24H27N5O. The lowest BCUT2D eigenvalue weighted by Crippen LogP contribution is -2.47. The largest absolute Gasteiger partial charge is 0.321 e. The number of H-pyrrole nitrogens is 1. The second-order valence-electron chi connectivity index (χ2n) is 8.14. The topological polar surface area (TPSA) is 64.6 Å². The van der Waals surface area contributed by atoms with Gasteiger partial charge in [0.15, 0.2) is 11.2 Å². The van der Waals surface area contributed by atoms with Gasteiger partial charge in [0.2, 0.25) is 0 Å². The van der Waals surface area contributed by atoms with Crippen LogP contribution in [0.15, 0.2) is 52.3 Å². The zero-order valence-electron chi connectivity index (χ0n) is 17.9. The quantitative estimate of drug-likeness (QED) is 0.713. The molecule has 154 valence electrons. The van der Waals surface area contributed by atoms with Gasteiger partial charge >= 0.3 is 0 Å². The van der Waals surface area contributed by atoms with E-state index < -0.39 is 0 Å². The molecular weight excluding hydrogens is 374 g/mol. The highest BCUT2D eigenvalue weighted by Gasteiger charge is 2.27. The third-order valence-electron chi connectivity index (χ3n) is 5.73. The molecule has 0 saturated heterocycles. The van der Waals surface area contributed by atoms with Crippen LogP contribution in [0.3, 0.4) is 0 Å². The third kappa shape index (κ3) is 3.78. The number of likely N-dealkylation sites (N-methyl/N-ethyl adjacent to an activating group) is 1. The van der Waals surface area contributed by atoms with Gasteiger partial charge < -0.3 is 14.8 Å². The van der Waals surface area contributed by atoms with Crippen LogP contribution in [-0.2, 0) is 6.42 Å². The van der Waals surface area contributed by atoms with Crippen LogP contribution in [0.2, 0.25) is 0 Å². The summed E-state index contributed by atoms with van der Waals surface area (Å²) in [6.07, 6.45) is 0.886. The van der Waals surface area contributed by atoms with E-state index >= 15 is 0 Å². The molecule has 6 nitrogen and oxygen atoms in total. The molecule has 0 amide bonds. The van der Waals surface area contributed by atoms with Crippen LogP contribution in [0.25, 0.3) is 6.58 Å². The van der Waals surface area contributed by atoms with E-state index in [2.05, 4.69) is 89.6 Å². The fourth-order valence-electron chi connectivity index (χ4n) is 3.81. The van der Waals surface area contributed by atoms with Gasteiger partial charge in [0, 0.05) is 12.6 Å². The van der Waals surface area contributed by atoms with Crippen molar-refractivity contribution in [1.82, 2.24) is 14.9 Å². The Labute approximate surface area is 176 Å². The Balaban J connectivity index is 1.84. The number of anilines is 2. The highest BCUT2D eigenvalue weighted by atomic mass is 16.1. The van der Waals surface area contributed by atoms with Crippen molar-refractivity contribution in [1.29, 1.82) is 0 Å². The molecule has 6 heteroatoms. The maximum absolute atomic E-state index is 12.6. The van der Waals surface area contributed by atoms with Crippen LogP contribution >= 0.6 is 0 Å². The summed E-state index contributed by atoms with van der Waals surface area (Å²) in [6.45, 7) is 8.68. The van der Waals surface area contributed by atoms with Crippen LogP contribution < -0.4 is 21.3 Å². The van der Waals surface area contributed by atoms with Gasteiger partial charge in [0.25, 0.3) is 5.56 Å². The number of fused-ring (bicyclic) bond motifs is 2. The van der Waals surface area contributed by atoms with E-state index in [4.69, 9.17) is 0 Å². The van der Waals surface area contributed by atoms with E-state index in [1.165, 1.54) is 11.1 Å². The first-order chi connectivity index (χ1) is 14.3. The molecule has 0 saturated carbocycles. The van der Waals surface area contributed by atoms with Crippen LogP contribution in [0, 0.1) is 13.8 Å². The Hall–Kier alpha value is -3.25. The van der Waals surface area contributed by atoms with E-state index in [0.29, 0.717) is 23.2 Å². The van der Waals surface area contributed by atoms with Crippen LogP contribution in [-0.4, -0.2) is 41.5 Å². The molecule has 3 aromatic rings. The summed E-state index contributed by atoms with van der Waals surface area (Å²) in [5.74, 6) is 0.569. The first-order valence-corrected chi connectivity index (χ1v) is 10.1. The Kier molecular flexibility index (Phi) is 5.26. The molecule has 30 heavy (non-hydrogen) atoms. The minimum absolute atomic E-state index is 0.210. The molecule has 0 spiro atoms. The van der Waals surface area contributed by atoms with E-state index in [1.54, 1.807) is 0 Å². The standard InChI is InChI=1S/C24H27N5O/c1-15-11-20-21(12-16(15)2)29(23-22(27-20)24(30)26-17(3)25-23)14-19(28(4)5)13-18-9-7-6-8-10-18/h6-12,19H,3,13-14H2,1-2,4-5H3,(H,26,30). The summed E-state index contributed by atoms with van der Waals surface area (Å²) in [6, 6.07) is 14.8. The minimum atomic E-state index is -0.261. The summed E-state index contributed by atoms with van der Waals surface area (Å²) in [7, 11) is 4.17. The Morgan fingerprint density at radius 2 is 1.83 bits per heavy atom. The third-order valence-corrected chi connectivity index (χ3v) is 5.73. The number of benzene rings is 2. The fourth-order valence-corrected chi connectivity index (χ4v) is 3.81. The van der Waals surface area contributed by atoms with Gasteiger partial charge in [-0.05, 0) is 63.2 Å². The maximum atomic E-state index is 12.6. The number of hydrogen-bond donors (Lipinski definition) is 1. The molecule has 1 aliphatic heterocycles. The van der Waals surface area contributed by atoms with Gasteiger partial charge in [-0.25, -0.2) is 9.98 Å². The molecule has 0 bridgehead atoms. The Morgan fingerprint density at radius 1 is 1.13 bits per heavy atom. The van der Waals surface area contributed by atoms with Gasteiger partial charge in [-0.1, -0.05) is 36.9 Å². The van der Waals surface area contributed by atoms with Gasteiger partial charge in [0.1, 0.15) is 5.48 Å². The molecule has 1 N–H and O–H groups in total. The number of hydrogen-bond acceptors (Lipinski definition) is 5. The van der Waals surface area contributed by atoms with Crippen molar-refractivity contribution in [3.63, 3.8) is 0 Å². The molecule has 0 fully saturated rings. The number of aromatic nitrogens is 2. The van der Waals surface area contributed by atoms with E-state index in [9.17, 15) is 4.79 Å². The number of nitrogens with zero attached hydrogens (tertiary/aromatic N) is 4. The maximum Gasteiger partial charge on any atom is 0.279 e. The molecule has 1 aliphatic rings. The van der Waals surface area contributed by atoms with Crippen molar-refractivity contribution in [2.75, 3.05) is 25.5 Å². The number of rotatable bonds is 5. The molecule has 1 atom stereocenters. The summed E-state index contributed by atoms with van der Waals surface area (Å²) in [5, 5.41) is 0.343. The Morgan fingerprint density at radius 3 is 2.53 bits per heavy atom. The SMILES string of the molecule is C=c1nc2c(c(=O)[nH]1)=Nc1cc(C)c(C)cc1N2CC(Cc1ccccc1)N(C)C. The van der Waals surface area contributed by atoms with Crippen molar-refractivity contribution in [2.24, 2.45) is 4.99 Å². The summed E-state index contributed by atoms with van der Waals surface area (Å²) in [4.78, 5) is 28.9. The minimum Gasteiger partial charge on any atom is -0.321 e. The van der Waals surface area contributed by atoms with Crippen LogP contribution in [0.1, 0.15) is 16.7 Å². The average molecular weight is 402 g/mol. The molecule has 2 aromatic carbocycles. The lowest BCUT2D eigenvalue weighted by molar-refractivity contribution is 0.296. The van der Waals surface area contributed by atoms with Crippen LogP contribution in [0.5, 0.6) is 0 Å². The van der Waals surface area contributed by atoms with Gasteiger partial charge in [-0.15, -0.1) is 0 Å². The second-order valence-corrected chi connectivity index (χ2v) is 8.14. The molecule has 1 aromatic heterocycles. The smallest absolute Gasteiger partial charge is 0.279 e. The number of aryl methyl sites for hydroxylation is 2. The van der Waals surface area contributed by atoms with Crippen molar-refractivity contribution in [2.45, 2.75) is 26.3 Å². The molecule has 1 unspecified atom stereocenters. The zero-order chi connectivity index (χ0) is 21.4. The summed E-state index contributed by atoms with van der Waals surface area (Å²) in [5.41, 5.74) is 5.46. The Bertz CT molecular complexity index is 1250. The predicted octanol–water partition coefficient (Wildman–Crippen LogP) is 2.37. The van der Waals surface area contributed by atoms with Crippen molar-refractivity contribution >= 4 is 23.8 Å². The van der Waals surface area contributed by atoms with Crippen molar-refractivity contribution in [3.8, 4) is 0 Å². The van der Waals surface area contributed by atoms with Gasteiger partial charge in [-0.2, -0.15) is 0 Å². The lowest BCUT2D eigenvalue weighted by Gasteiger charge is -2.34. The van der Waals surface area contributed by atoms with Crippen molar-refractivity contribution in [3.05, 3.63) is 80.3 Å². The average Bonchev–Trinajstić information content (AvgIpc) is 2.70. The molecule has 0 aliphatic carbocycles. The molecule has 2 heterocycles. The zero-order valence-corrected chi connectivity index (χ0v) is 17.9. The van der Waals surface area contributed by atoms with Crippen molar-refractivity contribution < 1.29 is 0 Å². The summed E-state index contributed by atoms with van der Waals surface area (Å²) >= 11 is 0. The van der Waals surface area contributed by atoms with E-state index in [0.717, 1.165) is 23.4 Å². The van der Waals surface area contributed by atoms with Crippen LogP contribution in [0.4, 0.5) is 17.2 Å². The molecule has 4 rings (SSSR count). The first-order valence-electron chi connectivity index (χ1n) is 10.1. The van der Waals surface area contributed by atoms with E-state index in [1.807, 2.05) is 12.1 Å². The summed E-state index contributed by atoms with van der Waals surface area (Å²) < 4.78 is 0. The normalized spacial score (nSPS) is 13.6. The number of nitrogens with one attached hydrogen (secondary N) is 1. The highest BCUT2D eigenvalue weighted by Crippen LogP contribution is 2.37. The predicted molar refractivity (Wildman–Crippen MR) is 121 cm³/mol. The first kappa shape index (κ1) is 20.0. The van der Waals surface area contributed by atoms with Gasteiger partial charge in [0.05, 0.1) is 11.4 Å². The lowest BCUT2D eigenvalue weighted by atomic mass is 10.0. The van der Waals surface area contributed by atoms with Gasteiger partial charge in [-0.3, -0.25) is 4.79 Å². The number of aromatic amines is 1. The molecule has 0 radical (unpaired) electrons. The monoisotopic (exact) mass is 401 g/mol. The van der Waals surface area contributed by atoms with E-state index in [-0.39, 0.29) is 11.6 Å². The second kappa shape index (κ2) is 7.88. The fraction of sp³-hybridized carbons (Fsp3) is 0.292. The highest BCUT2D eigenvalue weighted by molar-refractivity contribution is 5.77.